The maximum absolute atomic E-state index is 12.4. The van der Waals surface area contributed by atoms with Crippen LogP contribution in [-0.4, -0.2) is 18.5 Å². The third kappa shape index (κ3) is 3.83. The first kappa shape index (κ1) is 15.0. The van der Waals surface area contributed by atoms with Crippen LogP contribution in [-0.2, 0) is 4.79 Å². The van der Waals surface area contributed by atoms with Gasteiger partial charge in [-0.05, 0) is 24.3 Å². The Morgan fingerprint density at radius 2 is 2.10 bits per heavy atom. The van der Waals surface area contributed by atoms with Crippen LogP contribution in [0.1, 0.15) is 50.5 Å². The summed E-state index contributed by atoms with van der Waals surface area (Å²) in [5.74, 6) is 0.626. The fourth-order valence-electron chi connectivity index (χ4n) is 3.17. The zero-order valence-corrected chi connectivity index (χ0v) is 12.3. The van der Waals surface area contributed by atoms with Crippen LogP contribution < -0.4 is 11.1 Å². The molecule has 1 aliphatic rings. The van der Waals surface area contributed by atoms with Crippen LogP contribution >= 0.6 is 0 Å². The molecule has 3 atom stereocenters. The van der Waals surface area contributed by atoms with Crippen LogP contribution in [0.2, 0.25) is 0 Å². The number of rotatable bonds is 5. The molecule has 110 valence electrons. The summed E-state index contributed by atoms with van der Waals surface area (Å²) in [6.45, 7) is 2.60. The Morgan fingerprint density at radius 1 is 1.35 bits per heavy atom. The number of carbonyl (C=O) groups excluding carboxylic acids is 1. The first-order chi connectivity index (χ1) is 9.74. The minimum absolute atomic E-state index is 0.0838. The van der Waals surface area contributed by atoms with E-state index in [1.54, 1.807) is 0 Å². The van der Waals surface area contributed by atoms with Gasteiger partial charge in [0.15, 0.2) is 0 Å². The summed E-state index contributed by atoms with van der Waals surface area (Å²) in [7, 11) is 0. The van der Waals surface area contributed by atoms with Crippen molar-refractivity contribution in [1.82, 2.24) is 5.32 Å². The Kier molecular flexibility index (Phi) is 5.60. The van der Waals surface area contributed by atoms with Gasteiger partial charge in [-0.15, -0.1) is 0 Å². The van der Waals surface area contributed by atoms with Gasteiger partial charge >= 0.3 is 0 Å². The third-order valence-electron chi connectivity index (χ3n) is 4.46. The molecule has 0 radical (unpaired) electrons. The maximum Gasteiger partial charge on any atom is 0.229 e. The highest BCUT2D eigenvalue weighted by molar-refractivity contribution is 5.84. The molecule has 0 spiro atoms. The molecule has 1 aliphatic carbocycles. The average Bonchev–Trinajstić information content (AvgIpc) is 2.49. The van der Waals surface area contributed by atoms with Gasteiger partial charge < -0.3 is 11.1 Å². The van der Waals surface area contributed by atoms with Crippen molar-refractivity contribution in [2.45, 2.75) is 51.0 Å². The van der Waals surface area contributed by atoms with Gasteiger partial charge in [-0.3, -0.25) is 4.79 Å². The van der Waals surface area contributed by atoms with E-state index in [1.807, 2.05) is 30.3 Å². The van der Waals surface area contributed by atoms with E-state index in [2.05, 4.69) is 12.2 Å². The van der Waals surface area contributed by atoms with E-state index < -0.39 is 0 Å². The lowest BCUT2D eigenvalue weighted by atomic mass is 9.84. The highest BCUT2D eigenvalue weighted by Gasteiger charge is 2.25. The molecule has 2 rings (SSSR count). The van der Waals surface area contributed by atoms with Crippen LogP contribution in [0.4, 0.5) is 0 Å². The molecule has 0 bridgehead atoms. The molecule has 0 aliphatic heterocycles. The standard InChI is InChI=1S/C17H26N2O/c1-2-13-7-6-10-15(11-13)19-17(20)16(12-18)14-8-4-3-5-9-14/h3-5,8-9,13,15-16H,2,6-7,10-12,18H2,1H3,(H,19,20). The van der Waals surface area contributed by atoms with Gasteiger partial charge in [-0.1, -0.05) is 56.5 Å². The second kappa shape index (κ2) is 7.44. The lowest BCUT2D eigenvalue weighted by Gasteiger charge is -2.30. The van der Waals surface area contributed by atoms with Gasteiger partial charge in [0.25, 0.3) is 0 Å². The van der Waals surface area contributed by atoms with Crippen LogP contribution in [0.25, 0.3) is 0 Å². The van der Waals surface area contributed by atoms with E-state index in [9.17, 15) is 4.79 Å². The van der Waals surface area contributed by atoms with Crippen LogP contribution in [0.5, 0.6) is 0 Å². The Bertz CT molecular complexity index is 418. The topological polar surface area (TPSA) is 55.1 Å². The molecule has 3 N–H and O–H groups in total. The molecule has 1 amide bonds. The Balaban J connectivity index is 1.96. The molecule has 20 heavy (non-hydrogen) atoms. The lowest BCUT2D eigenvalue weighted by molar-refractivity contribution is -0.123. The maximum atomic E-state index is 12.4. The fraction of sp³-hybridized carbons (Fsp3) is 0.588. The number of amides is 1. The molecule has 3 nitrogen and oxygen atoms in total. The highest BCUT2D eigenvalue weighted by Crippen LogP contribution is 2.27. The van der Waals surface area contributed by atoms with Gasteiger partial charge in [0, 0.05) is 12.6 Å². The quantitative estimate of drug-likeness (QED) is 0.867. The molecule has 1 fully saturated rings. The van der Waals surface area contributed by atoms with Crippen LogP contribution in [0, 0.1) is 5.92 Å². The number of nitrogens with two attached hydrogens (primary N) is 1. The summed E-state index contributed by atoms with van der Waals surface area (Å²) in [5.41, 5.74) is 6.81. The number of hydrogen-bond acceptors (Lipinski definition) is 2. The number of hydrogen-bond donors (Lipinski definition) is 2. The Hall–Kier alpha value is -1.35. The molecule has 1 saturated carbocycles. The van der Waals surface area contributed by atoms with E-state index in [0.29, 0.717) is 12.6 Å². The fourth-order valence-corrected chi connectivity index (χ4v) is 3.17. The van der Waals surface area contributed by atoms with Crippen LogP contribution in [0.15, 0.2) is 30.3 Å². The van der Waals surface area contributed by atoms with Crippen molar-refractivity contribution in [2.75, 3.05) is 6.54 Å². The molecule has 1 aromatic carbocycles. The van der Waals surface area contributed by atoms with Crippen molar-refractivity contribution < 1.29 is 4.79 Å². The Morgan fingerprint density at radius 3 is 2.75 bits per heavy atom. The zero-order chi connectivity index (χ0) is 14.4. The van der Waals surface area contributed by atoms with Gasteiger partial charge in [0.2, 0.25) is 5.91 Å². The molecule has 1 aromatic rings. The molecule has 3 unspecified atom stereocenters. The third-order valence-corrected chi connectivity index (χ3v) is 4.46. The molecule has 0 heterocycles. The zero-order valence-electron chi connectivity index (χ0n) is 12.3. The second-order valence-corrected chi connectivity index (χ2v) is 5.85. The van der Waals surface area contributed by atoms with Crippen molar-refractivity contribution in [2.24, 2.45) is 11.7 Å². The van der Waals surface area contributed by atoms with Crippen LogP contribution in [0.3, 0.4) is 0 Å². The summed E-state index contributed by atoms with van der Waals surface area (Å²) in [6, 6.07) is 10.2. The summed E-state index contributed by atoms with van der Waals surface area (Å²) < 4.78 is 0. The van der Waals surface area contributed by atoms with Gasteiger partial charge in [0.1, 0.15) is 0 Å². The summed E-state index contributed by atoms with van der Waals surface area (Å²) in [4.78, 5) is 12.4. The number of benzene rings is 1. The highest BCUT2D eigenvalue weighted by atomic mass is 16.1. The van der Waals surface area contributed by atoms with Crippen molar-refractivity contribution in [3.63, 3.8) is 0 Å². The molecular weight excluding hydrogens is 248 g/mol. The predicted molar refractivity (Wildman–Crippen MR) is 82.4 cm³/mol. The summed E-state index contributed by atoms with van der Waals surface area (Å²) in [5, 5.41) is 3.21. The van der Waals surface area contributed by atoms with Crippen molar-refractivity contribution in [3.05, 3.63) is 35.9 Å². The van der Waals surface area contributed by atoms with E-state index in [-0.39, 0.29) is 11.8 Å². The molecular formula is C17H26N2O. The minimum Gasteiger partial charge on any atom is -0.353 e. The lowest BCUT2D eigenvalue weighted by Crippen LogP contribution is -2.42. The van der Waals surface area contributed by atoms with Gasteiger partial charge in [-0.25, -0.2) is 0 Å². The molecule has 0 aromatic heterocycles. The van der Waals surface area contributed by atoms with Crippen molar-refractivity contribution in [3.8, 4) is 0 Å². The van der Waals surface area contributed by atoms with Crippen molar-refractivity contribution in [1.29, 1.82) is 0 Å². The molecule has 3 heteroatoms. The van der Waals surface area contributed by atoms with Gasteiger partial charge in [0.05, 0.1) is 5.92 Å². The first-order valence-corrected chi connectivity index (χ1v) is 7.80. The molecule has 0 saturated heterocycles. The Labute approximate surface area is 121 Å². The van der Waals surface area contributed by atoms with E-state index in [4.69, 9.17) is 5.73 Å². The SMILES string of the molecule is CCC1CCCC(NC(=O)C(CN)c2ccccc2)C1. The van der Waals surface area contributed by atoms with E-state index in [1.165, 1.54) is 19.3 Å². The number of carbonyl (C=O) groups is 1. The normalized spacial score (nSPS) is 24.1. The minimum atomic E-state index is -0.224. The summed E-state index contributed by atoms with van der Waals surface area (Å²) >= 11 is 0. The second-order valence-electron chi connectivity index (χ2n) is 5.85. The largest absolute Gasteiger partial charge is 0.353 e. The first-order valence-electron chi connectivity index (χ1n) is 7.80. The van der Waals surface area contributed by atoms with E-state index in [0.717, 1.165) is 24.3 Å². The summed E-state index contributed by atoms with van der Waals surface area (Å²) in [6.07, 6.45) is 5.97. The average molecular weight is 274 g/mol. The monoisotopic (exact) mass is 274 g/mol. The number of nitrogens with one attached hydrogen (secondary N) is 1. The van der Waals surface area contributed by atoms with Crippen molar-refractivity contribution >= 4 is 5.91 Å². The van der Waals surface area contributed by atoms with Gasteiger partial charge in [-0.2, -0.15) is 0 Å². The predicted octanol–water partition coefficient (Wildman–Crippen LogP) is 2.81. The smallest absolute Gasteiger partial charge is 0.229 e. The van der Waals surface area contributed by atoms with E-state index >= 15 is 0 Å².